The highest BCUT2D eigenvalue weighted by Crippen LogP contribution is 2.35. The first-order chi connectivity index (χ1) is 15.0. The molecule has 9 heteroatoms. The molecule has 2 aromatic heterocycles. The summed E-state index contributed by atoms with van der Waals surface area (Å²) in [6.45, 7) is -0.630. The number of pyridine rings is 1. The summed E-state index contributed by atoms with van der Waals surface area (Å²) in [5, 5.41) is 52.1. The predicted molar refractivity (Wildman–Crippen MR) is 113 cm³/mol. The molecule has 1 saturated heterocycles. The van der Waals surface area contributed by atoms with Crippen LogP contribution in [0.4, 0.5) is 0 Å². The number of rotatable bonds is 4. The van der Waals surface area contributed by atoms with E-state index in [-0.39, 0.29) is 5.56 Å². The van der Waals surface area contributed by atoms with Gasteiger partial charge in [0.1, 0.15) is 36.0 Å². The average Bonchev–Trinajstić information content (AvgIpc) is 3.33. The van der Waals surface area contributed by atoms with Gasteiger partial charge in [0.15, 0.2) is 6.23 Å². The molecule has 1 aromatic carbocycles. The van der Waals surface area contributed by atoms with Crippen LogP contribution in [0.5, 0.6) is 0 Å². The van der Waals surface area contributed by atoms with Gasteiger partial charge in [-0.25, -0.2) is 0 Å². The number of benzene rings is 1. The molecule has 4 N–H and O–H groups in total. The number of ether oxygens (including phenoxy) is 1. The van der Waals surface area contributed by atoms with Crippen molar-refractivity contribution in [2.45, 2.75) is 30.6 Å². The largest absolute Gasteiger partial charge is 0.394 e. The van der Waals surface area contributed by atoms with Gasteiger partial charge in [-0.2, -0.15) is 5.26 Å². The number of nitrogens with zero attached hydrogens (tertiary/aromatic N) is 2. The van der Waals surface area contributed by atoms with Crippen molar-refractivity contribution in [3.63, 3.8) is 0 Å². The Morgan fingerprint density at radius 1 is 1.06 bits per heavy atom. The molecule has 4 rings (SSSR count). The Morgan fingerprint density at radius 2 is 1.81 bits per heavy atom. The maximum Gasteiger partial charge on any atom is 0.271 e. The van der Waals surface area contributed by atoms with Gasteiger partial charge in [0.05, 0.1) is 12.3 Å². The van der Waals surface area contributed by atoms with E-state index in [1.54, 1.807) is 36.4 Å². The summed E-state index contributed by atoms with van der Waals surface area (Å²) in [7, 11) is 0. The van der Waals surface area contributed by atoms with Gasteiger partial charge in [-0.15, -0.1) is 11.3 Å². The lowest BCUT2D eigenvalue weighted by atomic mass is 9.96. The van der Waals surface area contributed by atoms with Crippen molar-refractivity contribution in [3.05, 3.63) is 69.8 Å². The lowest BCUT2D eigenvalue weighted by Crippen LogP contribution is -2.57. The highest BCUT2D eigenvalue weighted by molar-refractivity contribution is 7.13. The molecule has 0 aliphatic carbocycles. The van der Waals surface area contributed by atoms with Crippen molar-refractivity contribution in [3.8, 4) is 27.8 Å². The van der Waals surface area contributed by atoms with Crippen LogP contribution >= 0.6 is 11.3 Å². The van der Waals surface area contributed by atoms with Crippen LogP contribution in [-0.2, 0) is 4.74 Å². The first kappa shape index (κ1) is 21.4. The summed E-state index contributed by atoms with van der Waals surface area (Å²) in [6.07, 6.45) is -7.51. The molecule has 0 saturated carbocycles. The van der Waals surface area contributed by atoms with Crippen molar-refractivity contribution in [2.75, 3.05) is 6.61 Å². The molecule has 1 aliphatic heterocycles. The molecule has 0 unspecified atom stereocenters. The highest BCUT2D eigenvalue weighted by Gasteiger charge is 2.45. The van der Waals surface area contributed by atoms with E-state index in [1.807, 2.05) is 23.6 Å². The molecule has 1 aliphatic rings. The van der Waals surface area contributed by atoms with E-state index in [0.29, 0.717) is 16.8 Å². The summed E-state index contributed by atoms with van der Waals surface area (Å²) in [4.78, 5) is 14.2. The number of nitriles is 1. The Morgan fingerprint density at radius 3 is 2.42 bits per heavy atom. The molecule has 8 nitrogen and oxygen atoms in total. The molecule has 3 aromatic rings. The van der Waals surface area contributed by atoms with Gasteiger partial charge in [-0.05, 0) is 23.1 Å². The standard InChI is InChI=1S/C22H20N2O6S/c23-10-14-13(17-7-4-8-31-17)9-15(12-5-2-1-3-6-12)24(21(14)29)22-20(28)19(27)18(26)16(11-25)30-22/h1-9,16,18-20,22,25-28H,11H2/t16-,18-,19+,20-,22-/m1/s1. The zero-order valence-electron chi connectivity index (χ0n) is 16.2. The fourth-order valence-electron chi connectivity index (χ4n) is 3.74. The van der Waals surface area contributed by atoms with Crippen molar-refractivity contribution in [1.82, 2.24) is 4.57 Å². The van der Waals surface area contributed by atoms with Crippen LogP contribution in [0.2, 0.25) is 0 Å². The second kappa shape index (κ2) is 8.72. The monoisotopic (exact) mass is 440 g/mol. The molecule has 1 fully saturated rings. The van der Waals surface area contributed by atoms with Gasteiger partial charge in [-0.1, -0.05) is 36.4 Å². The first-order valence-corrected chi connectivity index (χ1v) is 10.4. The molecule has 0 amide bonds. The van der Waals surface area contributed by atoms with Crippen molar-refractivity contribution in [2.24, 2.45) is 0 Å². The van der Waals surface area contributed by atoms with E-state index in [2.05, 4.69) is 0 Å². The second-order valence-corrected chi connectivity index (χ2v) is 8.12. The number of aromatic nitrogens is 1. The van der Waals surface area contributed by atoms with E-state index in [9.17, 15) is 30.5 Å². The third-order valence-corrected chi connectivity index (χ3v) is 6.24. The Hall–Kier alpha value is -2.84. The van der Waals surface area contributed by atoms with Crippen LogP contribution in [0.1, 0.15) is 11.8 Å². The van der Waals surface area contributed by atoms with Crippen LogP contribution in [0, 0.1) is 11.3 Å². The van der Waals surface area contributed by atoms with E-state index < -0.39 is 42.8 Å². The smallest absolute Gasteiger partial charge is 0.271 e. The van der Waals surface area contributed by atoms with E-state index in [1.165, 1.54) is 11.3 Å². The van der Waals surface area contributed by atoms with E-state index in [4.69, 9.17) is 4.74 Å². The Bertz CT molecular complexity index is 1150. The number of thiophene rings is 1. The fourth-order valence-corrected chi connectivity index (χ4v) is 4.49. The van der Waals surface area contributed by atoms with Gasteiger partial charge < -0.3 is 25.2 Å². The van der Waals surface area contributed by atoms with Crippen molar-refractivity contribution < 1.29 is 25.2 Å². The maximum absolute atomic E-state index is 13.5. The minimum atomic E-state index is -1.67. The lowest BCUT2D eigenvalue weighted by Gasteiger charge is -2.41. The number of aliphatic hydroxyl groups excluding tert-OH is 4. The van der Waals surface area contributed by atoms with Gasteiger partial charge >= 0.3 is 0 Å². The number of hydrogen-bond donors (Lipinski definition) is 4. The van der Waals surface area contributed by atoms with Crippen LogP contribution in [0.25, 0.3) is 21.7 Å². The van der Waals surface area contributed by atoms with Gasteiger partial charge in [0, 0.05) is 10.4 Å². The van der Waals surface area contributed by atoms with Crippen molar-refractivity contribution in [1.29, 1.82) is 5.26 Å². The zero-order chi connectivity index (χ0) is 22.1. The molecule has 0 spiro atoms. The second-order valence-electron chi connectivity index (χ2n) is 7.17. The van der Waals surface area contributed by atoms with Gasteiger partial charge in [0.2, 0.25) is 0 Å². The molecular formula is C22H20N2O6S. The average molecular weight is 440 g/mol. The molecule has 0 radical (unpaired) electrons. The zero-order valence-corrected chi connectivity index (χ0v) is 17.0. The molecule has 31 heavy (non-hydrogen) atoms. The summed E-state index contributed by atoms with van der Waals surface area (Å²) in [5.74, 6) is 0. The lowest BCUT2D eigenvalue weighted by molar-refractivity contribution is -0.251. The quantitative estimate of drug-likeness (QED) is 0.477. The molecular weight excluding hydrogens is 420 g/mol. The fraction of sp³-hybridized carbons (Fsp3) is 0.273. The summed E-state index contributed by atoms with van der Waals surface area (Å²) >= 11 is 1.38. The summed E-state index contributed by atoms with van der Waals surface area (Å²) < 4.78 is 6.74. The van der Waals surface area contributed by atoms with Crippen molar-refractivity contribution >= 4 is 11.3 Å². The highest BCUT2D eigenvalue weighted by atomic mass is 32.1. The maximum atomic E-state index is 13.5. The minimum Gasteiger partial charge on any atom is -0.394 e. The number of hydrogen-bond acceptors (Lipinski definition) is 8. The SMILES string of the molecule is N#Cc1c(-c2cccs2)cc(-c2ccccc2)n([C@@H]2O[C@H](CO)[C@@H](O)[C@H](O)[C@H]2O)c1=O. The van der Waals surface area contributed by atoms with E-state index in [0.717, 1.165) is 9.44 Å². The Balaban J connectivity index is 1.99. The van der Waals surface area contributed by atoms with Crippen LogP contribution in [0.15, 0.2) is 58.7 Å². The number of aliphatic hydroxyl groups is 4. The Labute approximate surface area is 181 Å². The first-order valence-electron chi connectivity index (χ1n) is 9.57. The summed E-state index contributed by atoms with van der Waals surface area (Å²) in [6, 6.07) is 16.1. The molecule has 0 bridgehead atoms. The predicted octanol–water partition coefficient (Wildman–Crippen LogP) is 1.09. The normalized spacial score (nSPS) is 25.8. The topological polar surface area (TPSA) is 136 Å². The summed E-state index contributed by atoms with van der Waals surface area (Å²) in [5.41, 5.74) is 0.578. The third-order valence-electron chi connectivity index (χ3n) is 5.33. The molecule has 5 atom stereocenters. The molecule has 160 valence electrons. The Kier molecular flexibility index (Phi) is 6.02. The van der Waals surface area contributed by atoms with Crippen LogP contribution < -0.4 is 5.56 Å². The van der Waals surface area contributed by atoms with E-state index >= 15 is 0 Å². The van der Waals surface area contributed by atoms with Gasteiger partial charge in [0.25, 0.3) is 5.56 Å². The van der Waals surface area contributed by atoms with Crippen LogP contribution in [-0.4, -0.2) is 56.0 Å². The third kappa shape index (κ3) is 3.70. The molecule has 3 heterocycles. The van der Waals surface area contributed by atoms with Gasteiger partial charge in [-0.3, -0.25) is 9.36 Å². The van der Waals surface area contributed by atoms with Crippen LogP contribution in [0.3, 0.4) is 0 Å². The minimum absolute atomic E-state index is 0.140.